The van der Waals surface area contributed by atoms with Gasteiger partial charge < -0.3 is 10.6 Å². The smallest absolute Gasteiger partial charge is 0.134 e. The molecule has 4 heteroatoms. The molecule has 4 nitrogen and oxygen atoms in total. The molecular formula is C13H24N4. The van der Waals surface area contributed by atoms with Gasteiger partial charge in [0.05, 0.1) is 0 Å². The van der Waals surface area contributed by atoms with Crippen LogP contribution in [0.25, 0.3) is 0 Å². The van der Waals surface area contributed by atoms with Gasteiger partial charge in [0.2, 0.25) is 0 Å². The van der Waals surface area contributed by atoms with E-state index in [2.05, 4.69) is 48.3 Å². The molecule has 0 unspecified atom stereocenters. The molecule has 96 valence electrons. The number of anilines is 2. The number of aryl methyl sites for hydroxylation is 1. The van der Waals surface area contributed by atoms with E-state index >= 15 is 0 Å². The van der Waals surface area contributed by atoms with E-state index in [9.17, 15) is 0 Å². The van der Waals surface area contributed by atoms with Crippen molar-refractivity contribution in [2.24, 2.45) is 5.92 Å². The highest BCUT2D eigenvalue weighted by molar-refractivity contribution is 5.57. The monoisotopic (exact) mass is 236 g/mol. The normalized spacial score (nSPS) is 10.7. The van der Waals surface area contributed by atoms with Crippen molar-refractivity contribution in [1.82, 2.24) is 9.97 Å². The molecule has 0 saturated carbocycles. The summed E-state index contributed by atoms with van der Waals surface area (Å²) in [4.78, 5) is 8.85. The Hall–Kier alpha value is -1.32. The third-order valence-electron chi connectivity index (χ3n) is 2.62. The lowest BCUT2D eigenvalue weighted by Crippen LogP contribution is -2.11. The fourth-order valence-corrected chi connectivity index (χ4v) is 1.62. The molecule has 17 heavy (non-hydrogen) atoms. The van der Waals surface area contributed by atoms with Gasteiger partial charge in [-0.2, -0.15) is 0 Å². The molecule has 0 radical (unpaired) electrons. The molecule has 1 heterocycles. The average molecular weight is 236 g/mol. The highest BCUT2D eigenvalue weighted by Gasteiger charge is 2.08. The van der Waals surface area contributed by atoms with E-state index in [0.29, 0.717) is 5.92 Å². The van der Waals surface area contributed by atoms with Gasteiger partial charge in [0, 0.05) is 18.7 Å². The Morgan fingerprint density at radius 1 is 1.06 bits per heavy atom. The zero-order valence-corrected chi connectivity index (χ0v) is 11.6. The Kier molecular flexibility index (Phi) is 5.19. The van der Waals surface area contributed by atoms with E-state index in [0.717, 1.165) is 42.5 Å². The highest BCUT2D eigenvalue weighted by Crippen LogP contribution is 2.19. The number of nitrogens with zero attached hydrogens (tertiary/aromatic N) is 2. The zero-order valence-electron chi connectivity index (χ0n) is 11.6. The highest BCUT2D eigenvalue weighted by atomic mass is 15.1. The van der Waals surface area contributed by atoms with Crippen molar-refractivity contribution in [3.63, 3.8) is 0 Å². The molecule has 1 rings (SSSR count). The summed E-state index contributed by atoms with van der Waals surface area (Å²) in [5, 5.41) is 6.66. The number of nitrogens with one attached hydrogen (secondary N) is 2. The van der Waals surface area contributed by atoms with Crippen molar-refractivity contribution in [1.29, 1.82) is 0 Å². The lowest BCUT2D eigenvalue weighted by atomic mass is 10.1. The van der Waals surface area contributed by atoms with E-state index in [1.807, 2.05) is 6.92 Å². The molecule has 0 aromatic carbocycles. The quantitative estimate of drug-likeness (QED) is 0.797. The van der Waals surface area contributed by atoms with Crippen molar-refractivity contribution >= 4 is 11.6 Å². The van der Waals surface area contributed by atoms with E-state index in [4.69, 9.17) is 0 Å². The Morgan fingerprint density at radius 2 is 1.65 bits per heavy atom. The van der Waals surface area contributed by atoms with Crippen LogP contribution in [0.2, 0.25) is 0 Å². The molecule has 0 saturated heterocycles. The molecule has 0 fully saturated rings. The maximum absolute atomic E-state index is 4.45. The molecule has 0 aliphatic rings. The summed E-state index contributed by atoms with van der Waals surface area (Å²) in [5.74, 6) is 3.40. The van der Waals surface area contributed by atoms with Gasteiger partial charge in [-0.15, -0.1) is 0 Å². The Bertz CT molecular complexity index is 361. The Morgan fingerprint density at radius 3 is 2.18 bits per heavy atom. The van der Waals surface area contributed by atoms with Crippen LogP contribution in [0.1, 0.15) is 38.6 Å². The third-order valence-corrected chi connectivity index (χ3v) is 2.62. The molecule has 1 aromatic heterocycles. The molecule has 0 spiro atoms. The minimum Gasteiger partial charge on any atom is -0.370 e. The number of hydrogen-bond donors (Lipinski definition) is 2. The van der Waals surface area contributed by atoms with Gasteiger partial charge in [0.15, 0.2) is 0 Å². The van der Waals surface area contributed by atoms with Crippen molar-refractivity contribution < 1.29 is 0 Å². The van der Waals surface area contributed by atoms with Crippen molar-refractivity contribution in [2.75, 3.05) is 23.7 Å². The van der Waals surface area contributed by atoms with Gasteiger partial charge >= 0.3 is 0 Å². The lowest BCUT2D eigenvalue weighted by molar-refractivity contribution is 0.606. The Labute approximate surface area is 104 Å². The van der Waals surface area contributed by atoms with Crippen LogP contribution in [0.3, 0.4) is 0 Å². The third kappa shape index (κ3) is 4.21. The first kappa shape index (κ1) is 13.7. The first-order valence-electron chi connectivity index (χ1n) is 6.37. The minimum atomic E-state index is 0.707. The summed E-state index contributed by atoms with van der Waals surface area (Å²) in [6.07, 6.45) is 1.15. The van der Waals surface area contributed by atoms with E-state index in [-0.39, 0.29) is 0 Å². The second-order valence-corrected chi connectivity index (χ2v) is 4.73. The molecule has 1 aromatic rings. The lowest BCUT2D eigenvalue weighted by Gasteiger charge is -2.14. The largest absolute Gasteiger partial charge is 0.370 e. The van der Waals surface area contributed by atoms with Crippen LogP contribution in [-0.4, -0.2) is 23.1 Å². The van der Waals surface area contributed by atoms with Crippen LogP contribution in [-0.2, 0) is 0 Å². The second kappa shape index (κ2) is 6.42. The molecule has 0 atom stereocenters. The summed E-state index contributed by atoms with van der Waals surface area (Å²) in [6, 6.07) is 0. The number of hydrogen-bond acceptors (Lipinski definition) is 4. The minimum absolute atomic E-state index is 0.707. The maximum atomic E-state index is 4.45. The molecule has 0 aliphatic heterocycles. The zero-order chi connectivity index (χ0) is 12.8. The van der Waals surface area contributed by atoms with Crippen LogP contribution in [0.15, 0.2) is 0 Å². The van der Waals surface area contributed by atoms with E-state index < -0.39 is 0 Å². The van der Waals surface area contributed by atoms with Crippen molar-refractivity contribution in [3.05, 3.63) is 11.4 Å². The number of rotatable bonds is 6. The summed E-state index contributed by atoms with van der Waals surface area (Å²) in [5.41, 5.74) is 1.10. The first-order chi connectivity index (χ1) is 8.04. The predicted octanol–water partition coefficient (Wildman–Crippen LogP) is 2.98. The van der Waals surface area contributed by atoms with Crippen LogP contribution in [0.4, 0.5) is 11.6 Å². The van der Waals surface area contributed by atoms with Gasteiger partial charge in [-0.05, 0) is 33.1 Å². The van der Waals surface area contributed by atoms with Gasteiger partial charge in [-0.1, -0.05) is 13.8 Å². The topological polar surface area (TPSA) is 49.8 Å². The van der Waals surface area contributed by atoms with Crippen molar-refractivity contribution in [2.45, 2.75) is 41.0 Å². The molecular weight excluding hydrogens is 212 g/mol. The van der Waals surface area contributed by atoms with Crippen LogP contribution in [0.5, 0.6) is 0 Å². The van der Waals surface area contributed by atoms with Gasteiger partial charge in [-0.3, -0.25) is 0 Å². The Balaban J connectivity index is 2.76. The van der Waals surface area contributed by atoms with Crippen LogP contribution in [0, 0.1) is 19.8 Å². The standard InChI is InChI=1S/C13H24N4/c1-6-14-12-10(4)13(17-11(5)16-12)15-8-7-9(2)3/h9H,6-8H2,1-5H3,(H2,14,15,16,17). The SMILES string of the molecule is CCNc1nc(C)nc(NCCC(C)C)c1C. The molecule has 0 aliphatic carbocycles. The van der Waals surface area contributed by atoms with Gasteiger partial charge in [-0.25, -0.2) is 9.97 Å². The summed E-state index contributed by atoms with van der Waals surface area (Å²) >= 11 is 0. The van der Waals surface area contributed by atoms with Crippen LogP contribution < -0.4 is 10.6 Å². The number of aromatic nitrogens is 2. The molecule has 2 N–H and O–H groups in total. The summed E-state index contributed by atoms with van der Waals surface area (Å²) in [7, 11) is 0. The summed E-state index contributed by atoms with van der Waals surface area (Å²) < 4.78 is 0. The van der Waals surface area contributed by atoms with E-state index in [1.165, 1.54) is 0 Å². The molecule has 0 bridgehead atoms. The predicted molar refractivity (Wildman–Crippen MR) is 73.6 cm³/mol. The fourth-order valence-electron chi connectivity index (χ4n) is 1.62. The molecule has 0 amide bonds. The van der Waals surface area contributed by atoms with Crippen LogP contribution >= 0.6 is 0 Å². The first-order valence-corrected chi connectivity index (χ1v) is 6.37. The maximum Gasteiger partial charge on any atom is 0.134 e. The fraction of sp³-hybridized carbons (Fsp3) is 0.692. The average Bonchev–Trinajstić information content (AvgIpc) is 2.24. The van der Waals surface area contributed by atoms with Gasteiger partial charge in [0.1, 0.15) is 17.5 Å². The van der Waals surface area contributed by atoms with Crippen molar-refractivity contribution in [3.8, 4) is 0 Å². The second-order valence-electron chi connectivity index (χ2n) is 4.73. The summed E-state index contributed by atoms with van der Waals surface area (Å²) in [6.45, 7) is 12.3. The van der Waals surface area contributed by atoms with Gasteiger partial charge in [0.25, 0.3) is 0 Å². The van der Waals surface area contributed by atoms with E-state index in [1.54, 1.807) is 0 Å².